The highest BCUT2D eigenvalue weighted by molar-refractivity contribution is 6.08. The van der Waals surface area contributed by atoms with Gasteiger partial charge < -0.3 is 32.4 Å². The van der Waals surface area contributed by atoms with E-state index in [0.717, 1.165) is 10.9 Å². The molecule has 4 N–H and O–H groups in total. The van der Waals surface area contributed by atoms with Gasteiger partial charge in [-0.1, -0.05) is 18.2 Å². The van der Waals surface area contributed by atoms with Crippen LogP contribution in [-0.4, -0.2) is 29.9 Å². The number of aromatic nitrogens is 1. The minimum atomic E-state index is -0.474. The van der Waals surface area contributed by atoms with E-state index in [1.54, 1.807) is 6.20 Å². The van der Waals surface area contributed by atoms with Crippen molar-refractivity contribution in [3.63, 3.8) is 0 Å². The summed E-state index contributed by atoms with van der Waals surface area (Å²) in [5.41, 5.74) is 4.81. The highest BCUT2D eigenvalue weighted by Gasteiger charge is 2.13. The zero-order valence-electron chi connectivity index (χ0n) is 9.61. The number of esters is 1. The van der Waals surface area contributed by atoms with E-state index in [9.17, 15) is 9.59 Å². The summed E-state index contributed by atoms with van der Waals surface area (Å²) in [5.74, 6) is -0.692. The molecule has 96 valence electrons. The molecule has 0 unspecified atom stereocenters. The Morgan fingerprint density at radius 1 is 1.28 bits per heavy atom. The van der Waals surface area contributed by atoms with Gasteiger partial charge in [0.15, 0.2) is 13.2 Å². The molecule has 0 aliphatic heterocycles. The average Bonchev–Trinajstić information content (AvgIpc) is 2.79. The lowest BCUT2D eigenvalue weighted by atomic mass is 10.1. The lowest BCUT2D eigenvalue weighted by molar-refractivity contribution is -0.359. The summed E-state index contributed by atoms with van der Waals surface area (Å²) in [6.07, 6.45) is 1.63. The number of Topliss-reactive ketones (excluding diaryl/α,β-unsaturated/α-hetero) is 1. The number of benzene rings is 1. The second-order valence-electron chi connectivity index (χ2n) is 3.58. The number of ketones is 1. The highest BCUT2D eigenvalue weighted by Crippen LogP contribution is 2.17. The van der Waals surface area contributed by atoms with Crippen molar-refractivity contribution >= 4 is 22.7 Å². The normalized spacial score (nSPS) is 9.83. The third-order valence-corrected chi connectivity index (χ3v) is 2.46. The number of aromatic amines is 1. The molecule has 0 atom stereocenters. The van der Waals surface area contributed by atoms with Crippen LogP contribution in [0.15, 0.2) is 30.5 Å². The monoisotopic (exact) mass is 312 g/mol. The van der Waals surface area contributed by atoms with E-state index in [1.807, 2.05) is 24.3 Å². The SMILES string of the molecule is [Br-].[NH3+]CC(=O)OCC(=O)c1c[nH]c2ccccc12. The Morgan fingerprint density at radius 2 is 2.00 bits per heavy atom. The molecule has 0 radical (unpaired) electrons. The van der Waals surface area contributed by atoms with Crippen LogP contribution in [0, 0.1) is 0 Å². The first-order valence-electron chi connectivity index (χ1n) is 5.26. The summed E-state index contributed by atoms with van der Waals surface area (Å²) in [5, 5.41) is 0.836. The maximum atomic E-state index is 11.8. The number of rotatable bonds is 4. The van der Waals surface area contributed by atoms with Gasteiger partial charge in [-0.15, -0.1) is 0 Å². The molecular formula is C12H13BrN2O3. The number of halogens is 1. The van der Waals surface area contributed by atoms with Gasteiger partial charge in [-0.3, -0.25) is 4.79 Å². The molecule has 0 fully saturated rings. The predicted octanol–water partition coefficient (Wildman–Crippen LogP) is -2.86. The van der Waals surface area contributed by atoms with Crippen molar-refractivity contribution in [3.8, 4) is 0 Å². The molecule has 0 aliphatic carbocycles. The molecule has 1 heterocycles. The minimum absolute atomic E-state index is 0. The van der Waals surface area contributed by atoms with E-state index in [-0.39, 0.29) is 35.9 Å². The number of ether oxygens (including phenoxy) is 1. The topological polar surface area (TPSA) is 86.8 Å². The first-order valence-corrected chi connectivity index (χ1v) is 5.26. The van der Waals surface area contributed by atoms with Crippen LogP contribution in [0.3, 0.4) is 0 Å². The van der Waals surface area contributed by atoms with Crippen molar-refractivity contribution in [1.82, 2.24) is 4.98 Å². The molecule has 0 spiro atoms. The molecule has 0 bridgehead atoms. The minimum Gasteiger partial charge on any atom is -1.00 e. The van der Waals surface area contributed by atoms with Gasteiger partial charge in [0.1, 0.15) is 0 Å². The lowest BCUT2D eigenvalue weighted by Gasteiger charge is -2.00. The highest BCUT2D eigenvalue weighted by atomic mass is 79.9. The third kappa shape index (κ3) is 2.96. The van der Waals surface area contributed by atoms with Crippen LogP contribution < -0.4 is 22.7 Å². The Hall–Kier alpha value is -1.66. The first kappa shape index (κ1) is 14.4. The van der Waals surface area contributed by atoms with E-state index in [1.165, 1.54) is 0 Å². The van der Waals surface area contributed by atoms with Gasteiger partial charge >= 0.3 is 5.97 Å². The molecule has 5 nitrogen and oxygen atoms in total. The summed E-state index contributed by atoms with van der Waals surface area (Å²) in [4.78, 5) is 25.7. The second-order valence-corrected chi connectivity index (χ2v) is 3.58. The van der Waals surface area contributed by atoms with E-state index in [0.29, 0.717) is 5.56 Å². The third-order valence-electron chi connectivity index (χ3n) is 2.46. The smallest absolute Gasteiger partial charge is 0.362 e. The molecule has 1 aromatic carbocycles. The molecule has 1 aromatic heterocycles. The molecule has 6 heteroatoms. The summed E-state index contributed by atoms with van der Waals surface area (Å²) < 4.78 is 4.76. The zero-order chi connectivity index (χ0) is 12.3. The number of nitrogens with one attached hydrogen (secondary N) is 1. The van der Waals surface area contributed by atoms with Crippen molar-refractivity contribution in [2.24, 2.45) is 0 Å². The van der Waals surface area contributed by atoms with Crippen LogP contribution in [0.1, 0.15) is 10.4 Å². The van der Waals surface area contributed by atoms with Crippen LogP contribution in [0.25, 0.3) is 10.9 Å². The lowest BCUT2D eigenvalue weighted by Crippen LogP contribution is -3.00. The molecule has 2 rings (SSSR count). The Bertz CT molecular complexity index is 565. The molecular weight excluding hydrogens is 300 g/mol. The quantitative estimate of drug-likeness (QED) is 0.470. The van der Waals surface area contributed by atoms with E-state index < -0.39 is 5.97 Å². The molecule has 18 heavy (non-hydrogen) atoms. The number of hydrogen-bond donors (Lipinski definition) is 2. The van der Waals surface area contributed by atoms with Gasteiger partial charge in [-0.05, 0) is 6.07 Å². The standard InChI is InChI=1S/C12H12N2O3.BrH/c13-5-12(16)17-7-11(15)9-6-14-10-4-2-1-3-8(9)10;/h1-4,6,14H,5,7,13H2;1H. The Kier molecular flexibility index (Phi) is 5.06. The number of carbonyl (C=O) groups excluding carboxylic acids is 2. The van der Waals surface area contributed by atoms with Gasteiger partial charge in [0.2, 0.25) is 5.78 Å². The van der Waals surface area contributed by atoms with Crippen LogP contribution >= 0.6 is 0 Å². The Morgan fingerprint density at radius 3 is 2.72 bits per heavy atom. The van der Waals surface area contributed by atoms with Gasteiger partial charge in [0, 0.05) is 22.7 Å². The maximum Gasteiger partial charge on any atom is 0.362 e. The van der Waals surface area contributed by atoms with Crippen LogP contribution in [0.5, 0.6) is 0 Å². The van der Waals surface area contributed by atoms with Crippen molar-refractivity contribution in [1.29, 1.82) is 0 Å². The van der Waals surface area contributed by atoms with Crippen molar-refractivity contribution < 1.29 is 37.0 Å². The number of quaternary nitrogens is 1. The summed E-state index contributed by atoms with van der Waals surface area (Å²) in [6, 6.07) is 7.47. The number of para-hydroxylation sites is 1. The van der Waals surface area contributed by atoms with Gasteiger partial charge in [-0.25, -0.2) is 4.79 Å². The van der Waals surface area contributed by atoms with E-state index in [4.69, 9.17) is 4.74 Å². The summed E-state index contributed by atoms with van der Waals surface area (Å²) >= 11 is 0. The molecule has 2 aromatic rings. The molecule has 0 saturated carbocycles. The number of H-pyrrole nitrogens is 1. The van der Waals surface area contributed by atoms with Crippen molar-refractivity contribution in [3.05, 3.63) is 36.0 Å². The number of hydrogen-bond acceptors (Lipinski definition) is 3. The van der Waals surface area contributed by atoms with Gasteiger partial charge in [0.25, 0.3) is 0 Å². The summed E-state index contributed by atoms with van der Waals surface area (Å²) in [6.45, 7) is -0.211. The number of fused-ring (bicyclic) bond motifs is 1. The Labute approximate surface area is 114 Å². The fraction of sp³-hybridized carbons (Fsp3) is 0.167. The largest absolute Gasteiger partial charge is 1.00 e. The Balaban J connectivity index is 0.00000162. The molecule has 0 aliphatic rings. The van der Waals surface area contributed by atoms with E-state index >= 15 is 0 Å². The van der Waals surface area contributed by atoms with Gasteiger partial charge in [0.05, 0.1) is 0 Å². The van der Waals surface area contributed by atoms with Crippen molar-refractivity contribution in [2.75, 3.05) is 13.2 Å². The van der Waals surface area contributed by atoms with Crippen LogP contribution in [0.4, 0.5) is 0 Å². The van der Waals surface area contributed by atoms with Crippen molar-refractivity contribution in [2.45, 2.75) is 0 Å². The summed E-state index contributed by atoms with van der Waals surface area (Å²) in [7, 11) is 0. The van der Waals surface area contributed by atoms with Crippen LogP contribution in [-0.2, 0) is 9.53 Å². The fourth-order valence-corrected chi connectivity index (χ4v) is 1.60. The van der Waals surface area contributed by atoms with Crippen LogP contribution in [0.2, 0.25) is 0 Å². The molecule has 0 amide bonds. The second kappa shape index (κ2) is 6.32. The van der Waals surface area contributed by atoms with E-state index in [2.05, 4.69) is 10.7 Å². The van der Waals surface area contributed by atoms with Gasteiger partial charge in [-0.2, -0.15) is 0 Å². The number of carbonyl (C=O) groups is 2. The average molecular weight is 313 g/mol. The maximum absolute atomic E-state index is 11.8. The first-order chi connectivity index (χ1) is 8.22. The zero-order valence-corrected chi connectivity index (χ0v) is 11.2. The fourth-order valence-electron chi connectivity index (χ4n) is 1.60. The predicted molar refractivity (Wildman–Crippen MR) is 61.3 cm³/mol. The molecule has 0 saturated heterocycles.